The number of para-hydroxylation sites is 2. The SMILES string of the molecule is CCCNC(=O)CSc1nc2ccccc2n1CC(=O)NCc1ccc(OC)cc1. The van der Waals surface area contributed by atoms with E-state index in [1.807, 2.05) is 60.0 Å². The summed E-state index contributed by atoms with van der Waals surface area (Å²) in [6, 6.07) is 15.2. The van der Waals surface area contributed by atoms with E-state index in [1.54, 1.807) is 7.11 Å². The molecule has 0 saturated heterocycles. The van der Waals surface area contributed by atoms with Crippen molar-refractivity contribution in [3.05, 3.63) is 54.1 Å². The van der Waals surface area contributed by atoms with Crippen LogP contribution in [-0.2, 0) is 22.7 Å². The van der Waals surface area contributed by atoms with Gasteiger partial charge < -0.3 is 19.9 Å². The molecule has 1 heterocycles. The predicted octanol–water partition coefficient (Wildman–Crippen LogP) is 2.98. The Morgan fingerprint density at radius 2 is 1.83 bits per heavy atom. The number of ether oxygens (including phenoxy) is 1. The van der Waals surface area contributed by atoms with Crippen LogP contribution in [0.3, 0.4) is 0 Å². The summed E-state index contributed by atoms with van der Waals surface area (Å²) in [4.78, 5) is 29.2. The Morgan fingerprint density at radius 1 is 1.07 bits per heavy atom. The molecule has 0 bridgehead atoms. The molecule has 3 aromatic rings. The van der Waals surface area contributed by atoms with Crippen molar-refractivity contribution in [3.63, 3.8) is 0 Å². The van der Waals surface area contributed by atoms with Crippen LogP contribution in [0.2, 0.25) is 0 Å². The van der Waals surface area contributed by atoms with Gasteiger partial charge in [-0.1, -0.05) is 43.0 Å². The molecule has 8 heteroatoms. The quantitative estimate of drug-likeness (QED) is 0.487. The van der Waals surface area contributed by atoms with Crippen molar-refractivity contribution in [2.45, 2.75) is 31.6 Å². The molecular weight excluding hydrogens is 400 g/mol. The second-order valence-corrected chi connectivity index (χ2v) is 7.68. The molecule has 0 saturated carbocycles. The van der Waals surface area contributed by atoms with Crippen molar-refractivity contribution >= 4 is 34.6 Å². The number of thioether (sulfide) groups is 1. The molecule has 3 rings (SSSR count). The second kappa shape index (κ2) is 10.7. The average molecular weight is 427 g/mol. The molecule has 0 aliphatic heterocycles. The van der Waals surface area contributed by atoms with Gasteiger partial charge in [-0.2, -0.15) is 0 Å². The van der Waals surface area contributed by atoms with Crippen LogP contribution in [0.5, 0.6) is 5.75 Å². The lowest BCUT2D eigenvalue weighted by molar-refractivity contribution is -0.122. The third kappa shape index (κ3) is 5.76. The van der Waals surface area contributed by atoms with Crippen molar-refractivity contribution < 1.29 is 14.3 Å². The highest BCUT2D eigenvalue weighted by atomic mass is 32.2. The van der Waals surface area contributed by atoms with Crippen LogP contribution in [-0.4, -0.2) is 40.8 Å². The number of nitrogens with zero attached hydrogens (tertiary/aromatic N) is 2. The highest BCUT2D eigenvalue weighted by molar-refractivity contribution is 7.99. The molecule has 2 aromatic carbocycles. The number of fused-ring (bicyclic) bond motifs is 1. The Morgan fingerprint density at radius 3 is 2.57 bits per heavy atom. The summed E-state index contributed by atoms with van der Waals surface area (Å²) in [5.41, 5.74) is 2.66. The van der Waals surface area contributed by atoms with Crippen molar-refractivity contribution in [1.29, 1.82) is 0 Å². The maximum absolute atomic E-state index is 12.6. The third-order valence-corrected chi connectivity index (χ3v) is 5.45. The van der Waals surface area contributed by atoms with Gasteiger partial charge in [-0.3, -0.25) is 9.59 Å². The molecule has 2 amide bonds. The molecule has 7 nitrogen and oxygen atoms in total. The van der Waals surface area contributed by atoms with Crippen molar-refractivity contribution in [3.8, 4) is 5.75 Å². The molecule has 1 aromatic heterocycles. The summed E-state index contributed by atoms with van der Waals surface area (Å²) in [6.07, 6.45) is 0.892. The second-order valence-electron chi connectivity index (χ2n) is 6.73. The van der Waals surface area contributed by atoms with E-state index in [0.29, 0.717) is 18.2 Å². The largest absolute Gasteiger partial charge is 0.497 e. The number of benzene rings is 2. The predicted molar refractivity (Wildman–Crippen MR) is 119 cm³/mol. The van der Waals surface area contributed by atoms with Crippen molar-refractivity contribution in [2.24, 2.45) is 0 Å². The first-order chi connectivity index (χ1) is 14.6. The fourth-order valence-electron chi connectivity index (χ4n) is 2.91. The smallest absolute Gasteiger partial charge is 0.240 e. The number of hydrogen-bond acceptors (Lipinski definition) is 5. The van der Waals surface area contributed by atoms with Gasteiger partial charge in [0.05, 0.1) is 23.9 Å². The number of rotatable bonds is 10. The number of carbonyl (C=O) groups is 2. The number of carbonyl (C=O) groups excluding carboxylic acids is 2. The monoisotopic (exact) mass is 426 g/mol. The van der Waals surface area contributed by atoms with Gasteiger partial charge in [-0.05, 0) is 36.2 Å². The van der Waals surface area contributed by atoms with E-state index in [-0.39, 0.29) is 24.1 Å². The number of hydrogen-bond donors (Lipinski definition) is 2. The standard InChI is InChI=1S/C22H26N4O3S/c1-3-12-23-21(28)15-30-22-25-18-6-4-5-7-19(18)26(22)14-20(27)24-13-16-8-10-17(29-2)11-9-16/h4-11H,3,12-15H2,1-2H3,(H,23,28)(H,24,27). The van der Waals surface area contributed by atoms with E-state index in [4.69, 9.17) is 4.74 Å². The topological polar surface area (TPSA) is 85.2 Å². The molecule has 2 N–H and O–H groups in total. The summed E-state index contributed by atoms with van der Waals surface area (Å²) >= 11 is 1.34. The molecule has 30 heavy (non-hydrogen) atoms. The van der Waals surface area contributed by atoms with E-state index in [2.05, 4.69) is 15.6 Å². The molecular formula is C22H26N4O3S. The van der Waals surface area contributed by atoms with E-state index in [9.17, 15) is 9.59 Å². The summed E-state index contributed by atoms with van der Waals surface area (Å²) in [5, 5.41) is 6.46. The van der Waals surface area contributed by atoms with Gasteiger partial charge in [0.15, 0.2) is 5.16 Å². The first-order valence-electron chi connectivity index (χ1n) is 9.85. The summed E-state index contributed by atoms with van der Waals surface area (Å²) in [6.45, 7) is 3.23. The molecule has 0 aliphatic rings. The maximum atomic E-state index is 12.6. The minimum Gasteiger partial charge on any atom is -0.497 e. The normalized spacial score (nSPS) is 10.7. The fourth-order valence-corrected chi connectivity index (χ4v) is 3.75. The first kappa shape index (κ1) is 21.7. The Hall–Kier alpha value is -3.00. The maximum Gasteiger partial charge on any atom is 0.240 e. The van der Waals surface area contributed by atoms with E-state index < -0.39 is 0 Å². The molecule has 158 valence electrons. The van der Waals surface area contributed by atoms with Gasteiger partial charge in [-0.25, -0.2) is 4.98 Å². The van der Waals surface area contributed by atoms with E-state index >= 15 is 0 Å². The number of aromatic nitrogens is 2. The van der Waals surface area contributed by atoms with Crippen LogP contribution < -0.4 is 15.4 Å². The highest BCUT2D eigenvalue weighted by Gasteiger charge is 2.15. The van der Waals surface area contributed by atoms with Crippen LogP contribution in [0.4, 0.5) is 0 Å². The molecule has 0 aliphatic carbocycles. The summed E-state index contributed by atoms with van der Waals surface area (Å²) in [5.74, 6) is 0.881. The molecule has 0 radical (unpaired) electrons. The lowest BCUT2D eigenvalue weighted by Crippen LogP contribution is -2.28. The van der Waals surface area contributed by atoms with Gasteiger partial charge in [0, 0.05) is 13.1 Å². The van der Waals surface area contributed by atoms with Gasteiger partial charge in [0.2, 0.25) is 11.8 Å². The number of methoxy groups -OCH3 is 1. The van der Waals surface area contributed by atoms with Crippen LogP contribution >= 0.6 is 11.8 Å². The molecule has 0 unspecified atom stereocenters. The van der Waals surface area contributed by atoms with Gasteiger partial charge in [0.25, 0.3) is 0 Å². The highest BCUT2D eigenvalue weighted by Crippen LogP contribution is 2.24. The van der Waals surface area contributed by atoms with Crippen molar-refractivity contribution in [1.82, 2.24) is 20.2 Å². The van der Waals surface area contributed by atoms with Crippen LogP contribution in [0.1, 0.15) is 18.9 Å². The zero-order chi connectivity index (χ0) is 21.3. The van der Waals surface area contributed by atoms with Crippen molar-refractivity contribution in [2.75, 3.05) is 19.4 Å². The Kier molecular flexibility index (Phi) is 7.73. The van der Waals surface area contributed by atoms with Gasteiger partial charge in [-0.15, -0.1) is 0 Å². The zero-order valence-electron chi connectivity index (χ0n) is 17.2. The average Bonchev–Trinajstić information content (AvgIpc) is 3.12. The molecule has 0 spiro atoms. The minimum atomic E-state index is -0.119. The summed E-state index contributed by atoms with van der Waals surface area (Å²) in [7, 11) is 1.62. The van der Waals surface area contributed by atoms with Crippen LogP contribution in [0.25, 0.3) is 11.0 Å². The van der Waals surface area contributed by atoms with Crippen LogP contribution in [0.15, 0.2) is 53.7 Å². The van der Waals surface area contributed by atoms with Gasteiger partial charge >= 0.3 is 0 Å². The molecule has 0 atom stereocenters. The summed E-state index contributed by atoms with van der Waals surface area (Å²) < 4.78 is 7.01. The Balaban J connectivity index is 1.67. The minimum absolute atomic E-state index is 0.0376. The van der Waals surface area contributed by atoms with Gasteiger partial charge in [0.1, 0.15) is 12.3 Å². The van der Waals surface area contributed by atoms with E-state index in [1.165, 1.54) is 11.8 Å². The lowest BCUT2D eigenvalue weighted by atomic mass is 10.2. The third-order valence-electron chi connectivity index (χ3n) is 4.47. The zero-order valence-corrected chi connectivity index (χ0v) is 18.0. The Labute approximate surface area is 180 Å². The number of nitrogens with one attached hydrogen (secondary N) is 2. The number of amides is 2. The Bertz CT molecular complexity index is 1000. The number of imidazole rings is 1. The molecule has 0 fully saturated rings. The fraction of sp³-hybridized carbons (Fsp3) is 0.318. The lowest BCUT2D eigenvalue weighted by Gasteiger charge is -2.10. The van der Waals surface area contributed by atoms with E-state index in [0.717, 1.165) is 28.8 Å². The van der Waals surface area contributed by atoms with Crippen LogP contribution in [0, 0.1) is 0 Å². The first-order valence-corrected chi connectivity index (χ1v) is 10.8.